The summed E-state index contributed by atoms with van der Waals surface area (Å²) in [4.78, 5) is 12.3. The molecule has 0 saturated heterocycles. The van der Waals surface area contributed by atoms with Crippen molar-refractivity contribution in [2.24, 2.45) is 11.1 Å². The molecule has 1 amide bonds. The number of carbonyl (C=O) groups excluding carboxylic acids is 1. The third-order valence-corrected chi connectivity index (χ3v) is 3.45. The van der Waals surface area contributed by atoms with Crippen molar-refractivity contribution in [1.82, 2.24) is 0 Å². The quantitative estimate of drug-likeness (QED) is 0.859. The molecule has 0 aromatic heterocycles. The molecule has 0 aliphatic heterocycles. The van der Waals surface area contributed by atoms with E-state index in [0.717, 1.165) is 11.1 Å². The molecule has 19 heavy (non-hydrogen) atoms. The lowest BCUT2D eigenvalue weighted by Gasteiger charge is -2.23. The van der Waals surface area contributed by atoms with E-state index in [1.54, 1.807) is 7.11 Å². The molecular weight excluding hydrogens is 240 g/mol. The summed E-state index contributed by atoms with van der Waals surface area (Å²) in [7, 11) is 1.60. The predicted molar refractivity (Wildman–Crippen MR) is 78.6 cm³/mol. The van der Waals surface area contributed by atoms with Crippen LogP contribution in [0.5, 0.6) is 5.75 Å². The van der Waals surface area contributed by atoms with Crippen molar-refractivity contribution < 1.29 is 9.53 Å². The highest BCUT2D eigenvalue weighted by Gasteiger charge is 2.27. The van der Waals surface area contributed by atoms with Gasteiger partial charge in [0.05, 0.1) is 12.8 Å². The normalized spacial score (nSPS) is 11.3. The molecule has 0 aliphatic carbocycles. The molecule has 3 N–H and O–H groups in total. The van der Waals surface area contributed by atoms with Crippen molar-refractivity contribution in [3.8, 4) is 5.75 Å². The Morgan fingerprint density at radius 3 is 2.42 bits per heavy atom. The summed E-state index contributed by atoms with van der Waals surface area (Å²) in [5.74, 6) is 0.638. The number of anilines is 1. The van der Waals surface area contributed by atoms with E-state index in [0.29, 0.717) is 24.4 Å². The molecule has 0 heterocycles. The maximum atomic E-state index is 12.3. The Kier molecular flexibility index (Phi) is 4.95. The van der Waals surface area contributed by atoms with Gasteiger partial charge in [-0.2, -0.15) is 0 Å². The third kappa shape index (κ3) is 3.70. The fourth-order valence-electron chi connectivity index (χ4n) is 1.82. The second kappa shape index (κ2) is 6.06. The van der Waals surface area contributed by atoms with Gasteiger partial charge in [-0.05, 0) is 50.1 Å². The Bertz CT molecular complexity index is 467. The molecule has 0 bridgehead atoms. The molecule has 4 heteroatoms. The van der Waals surface area contributed by atoms with Gasteiger partial charge >= 0.3 is 0 Å². The lowest BCUT2D eigenvalue weighted by atomic mass is 9.88. The number of aryl methyl sites for hydroxylation is 2. The Balaban J connectivity index is 2.99. The van der Waals surface area contributed by atoms with Crippen molar-refractivity contribution in [3.63, 3.8) is 0 Å². The van der Waals surface area contributed by atoms with E-state index >= 15 is 0 Å². The maximum Gasteiger partial charge on any atom is 0.230 e. The Morgan fingerprint density at radius 2 is 1.89 bits per heavy atom. The highest BCUT2D eigenvalue weighted by Crippen LogP contribution is 2.30. The van der Waals surface area contributed by atoms with Crippen LogP contribution in [0.2, 0.25) is 0 Å². The van der Waals surface area contributed by atoms with Crippen LogP contribution >= 0.6 is 0 Å². The van der Waals surface area contributed by atoms with E-state index in [1.165, 1.54) is 0 Å². The van der Waals surface area contributed by atoms with Gasteiger partial charge in [0.1, 0.15) is 5.75 Å². The summed E-state index contributed by atoms with van der Waals surface area (Å²) in [5.41, 5.74) is 8.02. The topological polar surface area (TPSA) is 64.3 Å². The predicted octanol–water partition coefficient (Wildman–Crippen LogP) is 2.63. The lowest BCUT2D eigenvalue weighted by molar-refractivity contribution is -0.124. The monoisotopic (exact) mass is 264 g/mol. The van der Waals surface area contributed by atoms with Crippen LogP contribution in [0.3, 0.4) is 0 Å². The van der Waals surface area contributed by atoms with Crippen molar-refractivity contribution in [2.45, 2.75) is 34.1 Å². The molecule has 106 valence electrons. The molecule has 0 saturated carbocycles. The fraction of sp³-hybridized carbons (Fsp3) is 0.533. The molecule has 0 unspecified atom stereocenters. The summed E-state index contributed by atoms with van der Waals surface area (Å²) in [5, 5.41) is 2.94. The number of nitrogens with one attached hydrogen (secondary N) is 1. The Labute approximate surface area is 115 Å². The zero-order valence-electron chi connectivity index (χ0n) is 12.5. The minimum absolute atomic E-state index is 0.0421. The standard InChI is InChI=1S/C15H24N2O2/c1-10-8-12(13(19-5)9-11(10)2)17-14(18)15(3,4)6-7-16/h8-9H,6-7,16H2,1-5H3,(H,17,18). The van der Waals surface area contributed by atoms with E-state index in [4.69, 9.17) is 10.5 Å². The number of hydrogen-bond donors (Lipinski definition) is 2. The van der Waals surface area contributed by atoms with E-state index in [-0.39, 0.29) is 5.91 Å². The number of carbonyl (C=O) groups is 1. The average molecular weight is 264 g/mol. The van der Waals surface area contributed by atoms with Gasteiger partial charge in [0, 0.05) is 5.41 Å². The van der Waals surface area contributed by atoms with Crippen LogP contribution in [0.25, 0.3) is 0 Å². The van der Waals surface area contributed by atoms with E-state index in [2.05, 4.69) is 5.32 Å². The first-order valence-electron chi connectivity index (χ1n) is 6.48. The van der Waals surface area contributed by atoms with Crippen molar-refractivity contribution >= 4 is 11.6 Å². The van der Waals surface area contributed by atoms with Crippen LogP contribution in [-0.2, 0) is 4.79 Å². The summed E-state index contributed by atoms with van der Waals surface area (Å²) in [6.07, 6.45) is 0.645. The highest BCUT2D eigenvalue weighted by molar-refractivity contribution is 5.96. The van der Waals surface area contributed by atoms with Gasteiger partial charge < -0.3 is 15.8 Å². The van der Waals surface area contributed by atoms with Crippen LogP contribution in [0, 0.1) is 19.3 Å². The number of benzene rings is 1. The smallest absolute Gasteiger partial charge is 0.230 e. The summed E-state index contributed by atoms with van der Waals surface area (Å²) in [6.45, 7) is 8.30. The molecule has 0 fully saturated rings. The van der Waals surface area contributed by atoms with Crippen LogP contribution < -0.4 is 15.8 Å². The van der Waals surface area contributed by atoms with E-state index < -0.39 is 5.41 Å². The minimum Gasteiger partial charge on any atom is -0.495 e. The van der Waals surface area contributed by atoms with Crippen LogP contribution in [0.1, 0.15) is 31.4 Å². The van der Waals surface area contributed by atoms with Gasteiger partial charge in [-0.25, -0.2) is 0 Å². The Hall–Kier alpha value is -1.55. The molecule has 0 radical (unpaired) electrons. The van der Waals surface area contributed by atoms with Gasteiger partial charge in [-0.15, -0.1) is 0 Å². The number of amides is 1. The van der Waals surface area contributed by atoms with Gasteiger partial charge in [0.15, 0.2) is 0 Å². The van der Waals surface area contributed by atoms with Gasteiger partial charge in [-0.3, -0.25) is 4.79 Å². The lowest BCUT2D eigenvalue weighted by Crippen LogP contribution is -2.32. The second-order valence-corrected chi connectivity index (χ2v) is 5.51. The first-order valence-corrected chi connectivity index (χ1v) is 6.48. The molecule has 1 aromatic rings. The number of rotatable bonds is 5. The van der Waals surface area contributed by atoms with Gasteiger partial charge in [-0.1, -0.05) is 13.8 Å². The molecule has 1 rings (SSSR count). The Morgan fingerprint density at radius 1 is 1.32 bits per heavy atom. The number of ether oxygens (including phenoxy) is 1. The zero-order valence-corrected chi connectivity index (χ0v) is 12.5. The van der Waals surface area contributed by atoms with Crippen molar-refractivity contribution in [3.05, 3.63) is 23.3 Å². The first kappa shape index (κ1) is 15.5. The minimum atomic E-state index is -0.488. The molecular formula is C15H24N2O2. The largest absolute Gasteiger partial charge is 0.495 e. The molecule has 4 nitrogen and oxygen atoms in total. The van der Waals surface area contributed by atoms with Crippen LogP contribution in [0.15, 0.2) is 12.1 Å². The van der Waals surface area contributed by atoms with Crippen LogP contribution in [-0.4, -0.2) is 19.6 Å². The molecule has 0 aliphatic rings. The average Bonchev–Trinajstić information content (AvgIpc) is 2.33. The fourth-order valence-corrected chi connectivity index (χ4v) is 1.82. The second-order valence-electron chi connectivity index (χ2n) is 5.51. The van der Waals surface area contributed by atoms with Gasteiger partial charge in [0.2, 0.25) is 5.91 Å². The number of hydrogen-bond acceptors (Lipinski definition) is 3. The zero-order chi connectivity index (χ0) is 14.6. The number of nitrogens with two attached hydrogens (primary N) is 1. The van der Waals surface area contributed by atoms with E-state index in [9.17, 15) is 4.79 Å². The van der Waals surface area contributed by atoms with Crippen LogP contribution in [0.4, 0.5) is 5.69 Å². The summed E-state index contributed by atoms with van der Waals surface area (Å²) >= 11 is 0. The van der Waals surface area contributed by atoms with Gasteiger partial charge in [0.25, 0.3) is 0 Å². The van der Waals surface area contributed by atoms with Crippen molar-refractivity contribution in [1.29, 1.82) is 0 Å². The first-order chi connectivity index (χ1) is 8.81. The SMILES string of the molecule is COc1cc(C)c(C)cc1NC(=O)C(C)(C)CCN. The molecule has 1 aromatic carbocycles. The molecule has 0 atom stereocenters. The maximum absolute atomic E-state index is 12.3. The summed E-state index contributed by atoms with van der Waals surface area (Å²) in [6, 6.07) is 3.87. The summed E-state index contributed by atoms with van der Waals surface area (Å²) < 4.78 is 5.32. The van der Waals surface area contributed by atoms with Crippen molar-refractivity contribution in [2.75, 3.05) is 19.0 Å². The molecule has 0 spiro atoms. The third-order valence-electron chi connectivity index (χ3n) is 3.45. The number of methoxy groups -OCH3 is 1. The van der Waals surface area contributed by atoms with E-state index in [1.807, 2.05) is 39.8 Å². The highest BCUT2D eigenvalue weighted by atomic mass is 16.5.